The molecule has 4 fully saturated rings. The number of hydrogen-bond acceptors (Lipinski definition) is 0. The van der Waals surface area contributed by atoms with Crippen LogP contribution in [0.15, 0.2) is 0 Å². The first-order chi connectivity index (χ1) is 14.1. The predicted octanol–water partition coefficient (Wildman–Crippen LogP) is 8.81. The summed E-state index contributed by atoms with van der Waals surface area (Å²) >= 11 is 0. The molecule has 4 aliphatic rings. The minimum Gasteiger partial charge on any atom is -0.0717 e. The minimum atomic E-state index is -1.10. The summed E-state index contributed by atoms with van der Waals surface area (Å²) in [4.78, 5) is 0. The maximum absolute atomic E-state index is 2.94. The topological polar surface area (TPSA) is 0 Å². The van der Waals surface area contributed by atoms with Crippen molar-refractivity contribution in [1.29, 1.82) is 0 Å². The summed E-state index contributed by atoms with van der Waals surface area (Å²) in [5.74, 6) is 0. The van der Waals surface area contributed by atoms with E-state index in [9.17, 15) is 0 Å². The molecular formula is C24H54Si6. The van der Waals surface area contributed by atoms with E-state index in [-0.39, 0.29) is 0 Å². The maximum atomic E-state index is 2.94. The average Bonchev–Trinajstić information content (AvgIpc) is 3.01. The van der Waals surface area contributed by atoms with Gasteiger partial charge in [-0.1, -0.05) is 152 Å². The van der Waals surface area contributed by atoms with E-state index in [0.717, 1.165) is 0 Å². The van der Waals surface area contributed by atoms with E-state index in [1.165, 1.54) is 0 Å². The maximum Gasteiger partial charge on any atom is 0.0397 e. The summed E-state index contributed by atoms with van der Waals surface area (Å²) in [6.07, 6.45) is 16.8. The van der Waals surface area contributed by atoms with Crippen LogP contribution < -0.4 is 0 Å². The van der Waals surface area contributed by atoms with Gasteiger partial charge in [0.2, 0.25) is 0 Å². The fourth-order valence-corrected chi connectivity index (χ4v) is 190. The van der Waals surface area contributed by atoms with Crippen molar-refractivity contribution in [3.63, 3.8) is 0 Å². The van der Waals surface area contributed by atoms with Crippen LogP contribution in [0.1, 0.15) is 64.2 Å². The quantitative estimate of drug-likeness (QED) is 0.333. The minimum absolute atomic E-state index is 1.04. The molecule has 0 aromatic heterocycles. The fraction of sp³-hybridized carbons (Fsp3) is 1.00. The molecule has 0 spiro atoms. The Kier molecular flexibility index (Phi) is 6.93. The second kappa shape index (κ2) is 8.51. The van der Waals surface area contributed by atoms with Crippen molar-refractivity contribution in [1.82, 2.24) is 0 Å². The summed E-state index contributed by atoms with van der Waals surface area (Å²) in [7, 11) is -6.40. The molecule has 0 saturated carbocycles. The third-order valence-electron chi connectivity index (χ3n) is 11.9. The molecule has 4 unspecified atom stereocenters. The molecule has 0 N–H and O–H groups in total. The second-order valence-corrected chi connectivity index (χ2v) is 74.0. The summed E-state index contributed by atoms with van der Waals surface area (Å²) in [5, 5.41) is 0. The van der Waals surface area contributed by atoms with Gasteiger partial charge in [-0.25, -0.2) is 0 Å². The lowest BCUT2D eigenvalue weighted by Crippen LogP contribution is -2.94. The van der Waals surface area contributed by atoms with Crippen LogP contribution >= 0.6 is 0 Å². The van der Waals surface area contributed by atoms with E-state index >= 15 is 0 Å². The van der Waals surface area contributed by atoms with Crippen molar-refractivity contribution >= 4 is 43.6 Å². The molecule has 0 bridgehead atoms. The number of rotatable bonds is 3. The SMILES string of the molecule is C[Si](C)(C)[Si]12CCCCC[Si]1([Si]13CCCCC[Si]1([Si](C)(C)C)CCCC3)CCCC2. The molecule has 0 aromatic rings. The highest BCUT2D eigenvalue weighted by Crippen LogP contribution is 2.61. The van der Waals surface area contributed by atoms with E-state index in [1.807, 2.05) is 48.4 Å². The zero-order valence-electron chi connectivity index (χ0n) is 21.7. The third-order valence-corrected chi connectivity index (χ3v) is 125. The molecule has 6 heteroatoms. The fourth-order valence-electron chi connectivity index (χ4n) is 11.0. The van der Waals surface area contributed by atoms with Crippen LogP contribution in [0.25, 0.3) is 0 Å². The average molecular weight is 511 g/mol. The molecule has 4 aliphatic heterocycles. The van der Waals surface area contributed by atoms with E-state index in [2.05, 4.69) is 39.3 Å². The van der Waals surface area contributed by atoms with Gasteiger partial charge in [0.15, 0.2) is 0 Å². The molecule has 0 radical (unpaired) electrons. The molecule has 0 aromatic carbocycles. The Balaban J connectivity index is 2.02. The van der Waals surface area contributed by atoms with E-state index in [0.29, 0.717) is 0 Å². The Labute approximate surface area is 194 Å². The van der Waals surface area contributed by atoms with Gasteiger partial charge in [0.1, 0.15) is 0 Å². The molecule has 4 atom stereocenters. The molecule has 4 heterocycles. The molecule has 4 saturated heterocycles. The Hall–Kier alpha value is 1.30. The van der Waals surface area contributed by atoms with Gasteiger partial charge in [0.05, 0.1) is 0 Å². The molecular weight excluding hydrogens is 457 g/mol. The van der Waals surface area contributed by atoms with Crippen molar-refractivity contribution in [2.24, 2.45) is 0 Å². The van der Waals surface area contributed by atoms with Crippen LogP contribution in [-0.4, -0.2) is 43.6 Å². The molecule has 174 valence electrons. The largest absolute Gasteiger partial charge is 0.0717 e. The molecule has 0 nitrogen and oxygen atoms in total. The highest BCUT2D eigenvalue weighted by molar-refractivity contribution is 7.98. The summed E-state index contributed by atoms with van der Waals surface area (Å²) in [6.45, 7) is 17.7. The first-order valence-electron chi connectivity index (χ1n) is 14.1. The van der Waals surface area contributed by atoms with Crippen molar-refractivity contribution in [2.75, 3.05) is 0 Å². The van der Waals surface area contributed by atoms with Crippen LogP contribution in [0.5, 0.6) is 0 Å². The molecule has 4 rings (SSSR count). The van der Waals surface area contributed by atoms with Crippen LogP contribution in [0, 0.1) is 0 Å². The van der Waals surface area contributed by atoms with Gasteiger partial charge in [-0.3, -0.25) is 0 Å². The van der Waals surface area contributed by atoms with Gasteiger partial charge in [0.25, 0.3) is 0 Å². The first-order valence-corrected chi connectivity index (χ1v) is 35.7. The summed E-state index contributed by atoms with van der Waals surface area (Å²) in [5.41, 5.74) is 0. The van der Waals surface area contributed by atoms with Crippen molar-refractivity contribution in [3.05, 3.63) is 0 Å². The summed E-state index contributed by atoms with van der Waals surface area (Å²) in [6, 6.07) is 15.1. The van der Waals surface area contributed by atoms with Gasteiger partial charge in [-0.15, -0.1) is 0 Å². The highest BCUT2D eigenvalue weighted by Gasteiger charge is 2.76. The van der Waals surface area contributed by atoms with Crippen molar-refractivity contribution < 1.29 is 0 Å². The van der Waals surface area contributed by atoms with Crippen LogP contribution in [0.2, 0.25) is 87.6 Å². The number of hydrogen-bond donors (Lipinski definition) is 0. The third kappa shape index (κ3) is 3.30. The van der Waals surface area contributed by atoms with Crippen molar-refractivity contribution in [2.45, 2.75) is 152 Å². The van der Waals surface area contributed by atoms with Crippen LogP contribution in [0.3, 0.4) is 0 Å². The molecule has 0 amide bonds. The Morgan fingerprint density at radius 3 is 0.867 bits per heavy atom. The lowest BCUT2D eigenvalue weighted by Gasteiger charge is -2.71. The molecule has 0 aliphatic carbocycles. The van der Waals surface area contributed by atoms with Gasteiger partial charge in [0, 0.05) is 43.6 Å². The molecule has 30 heavy (non-hydrogen) atoms. The normalized spacial score (nSPS) is 43.8. The van der Waals surface area contributed by atoms with Crippen molar-refractivity contribution in [3.8, 4) is 0 Å². The Morgan fingerprint density at radius 2 is 0.567 bits per heavy atom. The van der Waals surface area contributed by atoms with Gasteiger partial charge in [-0.05, 0) is 0 Å². The second-order valence-electron chi connectivity index (χ2n) is 14.4. The predicted molar refractivity (Wildman–Crippen MR) is 154 cm³/mol. The van der Waals surface area contributed by atoms with E-state index in [4.69, 9.17) is 0 Å². The zero-order chi connectivity index (χ0) is 21.7. The van der Waals surface area contributed by atoms with Crippen LogP contribution in [0.4, 0.5) is 0 Å². The monoisotopic (exact) mass is 510 g/mol. The van der Waals surface area contributed by atoms with Gasteiger partial charge >= 0.3 is 0 Å². The van der Waals surface area contributed by atoms with E-state index < -0.39 is 43.6 Å². The highest BCUT2D eigenvalue weighted by atomic mass is 30.0. The number of fused-ring (bicyclic) bond motifs is 3. The zero-order valence-corrected chi connectivity index (χ0v) is 27.7. The van der Waals surface area contributed by atoms with Gasteiger partial charge in [-0.2, -0.15) is 0 Å². The van der Waals surface area contributed by atoms with E-state index in [1.54, 1.807) is 64.2 Å². The Bertz CT molecular complexity index is 570. The first kappa shape index (κ1) is 24.4. The van der Waals surface area contributed by atoms with Gasteiger partial charge < -0.3 is 0 Å². The summed E-state index contributed by atoms with van der Waals surface area (Å²) < 4.78 is 0. The standard InChI is InChI=1S/C24H54Si6/c1-25(2,3)27-17-9-7-11-21-29(27,23-15-13-19-27)30-22-12-8-10-18-28(30,26(4,5)6)20-14-16-24-30/h7-24H2,1-6H3. The van der Waals surface area contributed by atoms with Crippen LogP contribution in [-0.2, 0) is 0 Å². The lowest BCUT2D eigenvalue weighted by molar-refractivity contribution is 0.767. The lowest BCUT2D eigenvalue weighted by atomic mass is 10.3. The Morgan fingerprint density at radius 1 is 0.333 bits per heavy atom. The smallest absolute Gasteiger partial charge is 0.0397 e.